The number of carbonyl (C=O) groups is 6. The van der Waals surface area contributed by atoms with Crippen LogP contribution in [0.25, 0.3) is 33.4 Å². The number of aryl methyl sites for hydroxylation is 2. The number of hydrogen-bond donors (Lipinski definition) is 6. The van der Waals surface area contributed by atoms with Crippen molar-refractivity contribution in [2.24, 2.45) is 5.73 Å². The summed E-state index contributed by atoms with van der Waals surface area (Å²) in [5, 5.41) is 39.4. The zero-order chi connectivity index (χ0) is 50.9. The van der Waals surface area contributed by atoms with Crippen molar-refractivity contribution in [1.29, 1.82) is 0 Å². The highest BCUT2D eigenvalue weighted by molar-refractivity contribution is 9.11. The third-order valence-electron chi connectivity index (χ3n) is 10.1. The molecule has 0 fully saturated rings. The van der Waals surface area contributed by atoms with Crippen LogP contribution in [0.4, 0.5) is 15.0 Å². The van der Waals surface area contributed by atoms with Crippen LogP contribution in [0.3, 0.4) is 0 Å². The molecule has 71 heavy (non-hydrogen) atoms. The van der Waals surface area contributed by atoms with Gasteiger partial charge in [-0.1, -0.05) is 102 Å². The van der Waals surface area contributed by atoms with E-state index in [2.05, 4.69) is 63.7 Å². The molecule has 7 N–H and O–H groups in total. The number of primary amides is 1. The van der Waals surface area contributed by atoms with E-state index in [1.165, 1.54) is 68.0 Å². The molecule has 360 valence electrons. The lowest BCUT2D eigenvalue weighted by Crippen LogP contribution is -2.17. The molecule has 0 aliphatic carbocycles. The second-order valence-corrected chi connectivity index (χ2v) is 22.8. The van der Waals surface area contributed by atoms with E-state index >= 15 is 0 Å². The summed E-state index contributed by atoms with van der Waals surface area (Å²) in [4.78, 5) is 74.1. The van der Waals surface area contributed by atoms with Crippen LogP contribution in [0, 0.1) is 13.8 Å². The number of carboxylic acids is 2. The third-order valence-corrected chi connectivity index (χ3v) is 17.6. The molecule has 0 saturated carbocycles. The van der Waals surface area contributed by atoms with E-state index in [1.54, 1.807) is 28.3 Å². The summed E-state index contributed by atoms with van der Waals surface area (Å²) >= 11 is 18.0. The van der Waals surface area contributed by atoms with Gasteiger partial charge in [0.25, 0.3) is 23.6 Å². The smallest absolute Gasteiger partial charge is 0.339 e. The number of amides is 4. The molecule has 0 spiro atoms. The molecule has 0 aliphatic rings. The van der Waals surface area contributed by atoms with Crippen molar-refractivity contribution < 1.29 is 39.0 Å². The van der Waals surface area contributed by atoms with Gasteiger partial charge in [-0.25, -0.2) is 9.59 Å². The van der Waals surface area contributed by atoms with Crippen molar-refractivity contribution >= 4 is 166 Å². The van der Waals surface area contributed by atoms with Gasteiger partial charge in [-0.2, -0.15) is 0 Å². The lowest BCUT2D eigenvalue weighted by molar-refractivity contribution is 0.0688. The predicted octanol–water partition coefficient (Wildman–Crippen LogP) is 15.6. The average Bonchev–Trinajstić information content (AvgIpc) is 4.21. The minimum absolute atomic E-state index is 0.104. The van der Waals surface area contributed by atoms with Crippen LogP contribution >= 0.6 is 116 Å². The van der Waals surface area contributed by atoms with Gasteiger partial charge in [0, 0.05) is 46.2 Å². The SMILES string of the molecule is Cc1ccsc1C(=O)Nc1scc(-c2ccc(Br)cc2)c1C(N)=O.Cc1ccsc1C(=O)Nc1scc(-c2ccccc2Br)c1C(=O)O.O=C(Nc1scc(-c2ccccc2Br)c1C(=O)O)c1cccs1. The Balaban J connectivity index is 0.000000157. The summed E-state index contributed by atoms with van der Waals surface area (Å²) in [7, 11) is 0. The third kappa shape index (κ3) is 12.6. The minimum Gasteiger partial charge on any atom is -0.478 e. The Kier molecular flexibility index (Phi) is 17.9. The number of nitrogens with two attached hydrogens (primary N) is 1. The lowest BCUT2D eigenvalue weighted by atomic mass is 10.0. The molecule has 6 aromatic heterocycles. The van der Waals surface area contributed by atoms with Crippen molar-refractivity contribution in [1.82, 2.24) is 0 Å². The monoisotopic (exact) mass is 1250 g/mol. The van der Waals surface area contributed by atoms with E-state index in [0.29, 0.717) is 46.3 Å². The minimum atomic E-state index is -1.07. The molecule has 6 heterocycles. The summed E-state index contributed by atoms with van der Waals surface area (Å²) in [6, 6.07) is 29.6. The molecule has 9 aromatic rings. The van der Waals surface area contributed by atoms with Crippen LogP contribution in [-0.4, -0.2) is 45.8 Å². The van der Waals surface area contributed by atoms with Gasteiger partial charge in [-0.3, -0.25) is 19.2 Å². The Morgan fingerprint density at radius 2 is 0.901 bits per heavy atom. The fourth-order valence-corrected chi connectivity index (χ4v) is 13.1. The maximum absolute atomic E-state index is 12.4. The van der Waals surface area contributed by atoms with Gasteiger partial charge in [-0.15, -0.1) is 68.0 Å². The number of hydrogen-bond acceptors (Lipinski definition) is 12. The molecule has 0 aliphatic heterocycles. The first-order chi connectivity index (χ1) is 34.0. The van der Waals surface area contributed by atoms with Gasteiger partial charge in [0.15, 0.2) is 0 Å². The van der Waals surface area contributed by atoms with Gasteiger partial charge in [0.1, 0.15) is 26.1 Å². The highest BCUT2D eigenvalue weighted by Crippen LogP contribution is 2.41. The Morgan fingerprint density at radius 3 is 1.30 bits per heavy atom. The second-order valence-electron chi connectivity index (χ2n) is 14.7. The first kappa shape index (κ1) is 52.9. The number of carboxylic acid groups (broad SMARTS) is 2. The Labute approximate surface area is 455 Å². The quantitative estimate of drug-likeness (QED) is 0.0693. The Morgan fingerprint density at radius 1 is 0.465 bits per heavy atom. The molecular formula is C50H35Br3N4O8S6. The first-order valence-electron chi connectivity index (χ1n) is 20.5. The van der Waals surface area contributed by atoms with Crippen LogP contribution in [0.5, 0.6) is 0 Å². The zero-order valence-electron chi connectivity index (χ0n) is 36.7. The van der Waals surface area contributed by atoms with Crippen molar-refractivity contribution in [2.45, 2.75) is 13.8 Å². The van der Waals surface area contributed by atoms with Crippen LogP contribution in [0.1, 0.15) is 71.2 Å². The molecule has 9 rings (SSSR count). The van der Waals surface area contributed by atoms with Crippen molar-refractivity contribution in [3.63, 3.8) is 0 Å². The van der Waals surface area contributed by atoms with E-state index < -0.39 is 17.8 Å². The Hall–Kier alpha value is -5.88. The number of aromatic carboxylic acids is 2. The predicted molar refractivity (Wildman–Crippen MR) is 301 cm³/mol. The lowest BCUT2D eigenvalue weighted by Gasteiger charge is -2.07. The fourth-order valence-electron chi connectivity index (χ4n) is 6.72. The van der Waals surface area contributed by atoms with Crippen LogP contribution in [-0.2, 0) is 0 Å². The molecule has 4 amide bonds. The van der Waals surface area contributed by atoms with Crippen molar-refractivity contribution in [3.8, 4) is 33.4 Å². The van der Waals surface area contributed by atoms with Gasteiger partial charge < -0.3 is 31.9 Å². The molecule has 12 nitrogen and oxygen atoms in total. The summed E-state index contributed by atoms with van der Waals surface area (Å²) in [5.74, 6) is -3.52. The molecular weight excluding hydrogens is 1220 g/mol. The van der Waals surface area contributed by atoms with E-state index in [-0.39, 0.29) is 28.8 Å². The van der Waals surface area contributed by atoms with E-state index in [9.17, 15) is 39.0 Å². The van der Waals surface area contributed by atoms with Gasteiger partial charge in [0.05, 0.1) is 20.2 Å². The molecule has 0 saturated heterocycles. The molecule has 0 bridgehead atoms. The number of halogens is 3. The normalized spacial score (nSPS) is 10.5. The summed E-state index contributed by atoms with van der Waals surface area (Å²) < 4.78 is 2.55. The molecule has 21 heteroatoms. The van der Waals surface area contributed by atoms with Crippen LogP contribution < -0.4 is 21.7 Å². The number of anilines is 3. The van der Waals surface area contributed by atoms with E-state index in [4.69, 9.17) is 5.73 Å². The highest BCUT2D eigenvalue weighted by Gasteiger charge is 2.25. The number of carbonyl (C=O) groups excluding carboxylic acids is 4. The number of benzene rings is 3. The topological polar surface area (TPSA) is 205 Å². The number of nitrogens with one attached hydrogen (secondary N) is 3. The average molecular weight is 1250 g/mol. The van der Waals surface area contributed by atoms with Gasteiger partial charge >= 0.3 is 11.9 Å². The fraction of sp³-hybridized carbons (Fsp3) is 0.0400. The maximum atomic E-state index is 12.4. The van der Waals surface area contributed by atoms with Gasteiger partial charge in [0.2, 0.25) is 0 Å². The summed E-state index contributed by atoms with van der Waals surface area (Å²) in [6.07, 6.45) is 0. The number of rotatable bonds is 12. The molecule has 0 unspecified atom stereocenters. The standard InChI is InChI=1S/C17H13BrN2O2S2.C17H12BrNO3S2.C16H10BrNO3S2/c1-9-6-7-23-14(9)16(22)20-17-13(15(19)21)12(8-24-17)10-2-4-11(18)5-3-10;1-9-6-7-23-14(9)15(20)19-16-13(17(21)22)11(8-24-16)10-4-2-3-5-12(10)18;17-11-5-2-1-4-9(11)10-8-23-15(13(10)16(20)21)18-14(19)12-6-3-7-22-12/h2-8H,1H3,(H2,19,21)(H,20,22);2-8H,1H3,(H,19,20)(H,21,22);1-8H,(H,18,19)(H,20,21). The summed E-state index contributed by atoms with van der Waals surface area (Å²) in [6.45, 7) is 3.73. The van der Waals surface area contributed by atoms with Crippen molar-refractivity contribution in [2.75, 3.05) is 16.0 Å². The summed E-state index contributed by atoms with van der Waals surface area (Å²) in [5.41, 5.74) is 12.2. The maximum Gasteiger partial charge on any atom is 0.339 e. The first-order valence-corrected chi connectivity index (χ1v) is 28.1. The van der Waals surface area contributed by atoms with Crippen LogP contribution in [0.2, 0.25) is 0 Å². The van der Waals surface area contributed by atoms with Gasteiger partial charge in [-0.05, 0) is 100 Å². The molecule has 0 atom stereocenters. The van der Waals surface area contributed by atoms with Crippen molar-refractivity contribution in [3.05, 3.63) is 185 Å². The highest BCUT2D eigenvalue weighted by atomic mass is 79.9. The Bertz CT molecular complexity index is 3430. The van der Waals surface area contributed by atoms with E-state index in [0.717, 1.165) is 46.8 Å². The second kappa shape index (κ2) is 24.0. The molecule has 0 radical (unpaired) electrons. The zero-order valence-corrected chi connectivity index (χ0v) is 46.4. The molecule has 3 aromatic carbocycles. The van der Waals surface area contributed by atoms with E-state index in [1.807, 2.05) is 115 Å². The number of thiophene rings is 6. The largest absolute Gasteiger partial charge is 0.478 e. The van der Waals surface area contributed by atoms with Crippen LogP contribution in [0.15, 0.2) is 143 Å².